The summed E-state index contributed by atoms with van der Waals surface area (Å²) in [5.41, 5.74) is 0.880. The third kappa shape index (κ3) is 4.63. The molecule has 4 N–H and O–H groups in total. The minimum Gasteiger partial charge on any atom is -0.504 e. The van der Waals surface area contributed by atoms with Gasteiger partial charge in [0, 0.05) is 18.4 Å². The number of amides is 2. The van der Waals surface area contributed by atoms with Gasteiger partial charge in [0.1, 0.15) is 24.3 Å². The van der Waals surface area contributed by atoms with E-state index < -0.39 is 24.1 Å². The Bertz CT molecular complexity index is 1280. The number of carbonyl (C=O) groups excluding carboxylic acids is 3. The minimum atomic E-state index is -1.45. The van der Waals surface area contributed by atoms with Gasteiger partial charge in [0.2, 0.25) is 11.8 Å². The number of ether oxygens (including phenoxy) is 1. The number of nitrogens with one attached hydrogen (secondary N) is 1. The maximum atomic E-state index is 14.2. The van der Waals surface area contributed by atoms with Gasteiger partial charge in [-0.3, -0.25) is 9.59 Å². The molecule has 5 aliphatic rings. The van der Waals surface area contributed by atoms with Crippen molar-refractivity contribution in [3.05, 3.63) is 23.8 Å². The van der Waals surface area contributed by atoms with Gasteiger partial charge in [-0.1, -0.05) is 46.1 Å². The number of nitrogens with zero attached hydrogens (tertiary/aromatic N) is 1. The molecule has 0 radical (unpaired) electrons. The van der Waals surface area contributed by atoms with Crippen LogP contribution in [0.1, 0.15) is 97.0 Å². The lowest BCUT2D eigenvalue weighted by atomic mass is 9.64. The topological polar surface area (TPSA) is 136 Å². The fraction of sp³-hybridized carbons (Fsp3) is 0.735. The van der Waals surface area contributed by atoms with Crippen LogP contribution in [0.2, 0.25) is 0 Å². The standard InChI is InChI=1S/C34H48N2O7/c1-32(2)33(3)15-14-22-19-27(34(22,32)33)43-31(42)23-11-7-8-16-36(23)30(41)28(21-9-5-4-6-10-21)35-29(40)26(39)18-20-12-13-24(37)25(38)17-20/h12-13,17,21-23,26-28,37-39H,4-11,14-16,18-19H2,1-3H3,(H,35,40). The van der Waals surface area contributed by atoms with Crippen molar-refractivity contribution in [2.24, 2.45) is 28.1 Å². The average Bonchev–Trinajstić information content (AvgIpc) is 3.27. The number of phenols is 2. The third-order valence-electron chi connectivity index (χ3n) is 12.7. The first-order chi connectivity index (χ1) is 20.4. The summed E-state index contributed by atoms with van der Waals surface area (Å²) < 4.78 is 6.30. The monoisotopic (exact) mass is 596 g/mol. The van der Waals surface area contributed by atoms with Gasteiger partial charge in [-0.2, -0.15) is 0 Å². The SMILES string of the molecule is CC1(C)C2(C)CCC3CC(OC(=O)C4CCCCN4C(=O)C(NC(=O)C(O)Cc4ccc(O)c(O)c4)C4CCCCC4)C312. The van der Waals surface area contributed by atoms with Crippen LogP contribution in [0.4, 0.5) is 0 Å². The van der Waals surface area contributed by atoms with E-state index in [4.69, 9.17) is 4.74 Å². The highest BCUT2D eigenvalue weighted by molar-refractivity contribution is 5.92. The molecule has 4 aliphatic carbocycles. The van der Waals surface area contributed by atoms with E-state index in [9.17, 15) is 29.7 Å². The summed E-state index contributed by atoms with van der Waals surface area (Å²) in [5, 5.41) is 33.0. The molecule has 1 spiro atoms. The first-order valence-corrected chi connectivity index (χ1v) is 16.4. The van der Waals surface area contributed by atoms with Crippen LogP contribution in [0.15, 0.2) is 18.2 Å². The summed E-state index contributed by atoms with van der Waals surface area (Å²) >= 11 is 0. The van der Waals surface area contributed by atoms with Gasteiger partial charge in [0.25, 0.3) is 0 Å². The molecule has 2 amide bonds. The minimum absolute atomic E-state index is 0.0577. The molecule has 5 fully saturated rings. The molecule has 0 bridgehead atoms. The molecule has 4 saturated carbocycles. The van der Waals surface area contributed by atoms with E-state index in [2.05, 4.69) is 26.1 Å². The fourth-order valence-electron chi connectivity index (χ4n) is 10.1. The number of hydrogen-bond donors (Lipinski definition) is 4. The van der Waals surface area contributed by atoms with Gasteiger partial charge in [-0.25, -0.2) is 4.79 Å². The zero-order valence-electron chi connectivity index (χ0n) is 25.8. The van der Waals surface area contributed by atoms with Crippen LogP contribution in [-0.4, -0.2) is 68.8 Å². The predicted molar refractivity (Wildman–Crippen MR) is 159 cm³/mol. The third-order valence-corrected chi connectivity index (χ3v) is 12.7. The average molecular weight is 597 g/mol. The molecule has 1 aromatic carbocycles. The Kier molecular flexibility index (Phi) is 7.71. The van der Waals surface area contributed by atoms with Crippen molar-refractivity contribution in [3.63, 3.8) is 0 Å². The molecule has 1 heterocycles. The molecular formula is C34H48N2O7. The number of likely N-dealkylation sites (tertiary alicyclic amines) is 1. The Morgan fingerprint density at radius 3 is 2.40 bits per heavy atom. The van der Waals surface area contributed by atoms with E-state index in [1.54, 1.807) is 4.90 Å². The van der Waals surface area contributed by atoms with Crippen molar-refractivity contribution in [1.82, 2.24) is 10.2 Å². The smallest absolute Gasteiger partial charge is 0.329 e. The molecule has 43 heavy (non-hydrogen) atoms. The molecular weight excluding hydrogens is 548 g/mol. The molecule has 7 unspecified atom stereocenters. The summed E-state index contributed by atoms with van der Waals surface area (Å²) in [6.07, 6.45) is 8.42. The summed E-state index contributed by atoms with van der Waals surface area (Å²) in [6, 6.07) is 2.63. The second kappa shape index (κ2) is 11.0. The van der Waals surface area contributed by atoms with Crippen molar-refractivity contribution >= 4 is 17.8 Å². The van der Waals surface area contributed by atoms with E-state index in [0.29, 0.717) is 24.4 Å². The van der Waals surface area contributed by atoms with Crippen LogP contribution in [0.3, 0.4) is 0 Å². The van der Waals surface area contributed by atoms with Crippen LogP contribution in [-0.2, 0) is 25.5 Å². The number of piperidine rings is 1. The number of rotatable bonds is 8. The first kappa shape index (κ1) is 30.2. The van der Waals surface area contributed by atoms with E-state index in [1.807, 2.05) is 0 Å². The second-order valence-corrected chi connectivity index (χ2v) is 14.7. The van der Waals surface area contributed by atoms with E-state index in [0.717, 1.165) is 51.4 Å². The van der Waals surface area contributed by atoms with Crippen LogP contribution < -0.4 is 5.32 Å². The molecule has 6 rings (SSSR count). The predicted octanol–water partition coefficient (Wildman–Crippen LogP) is 4.21. The first-order valence-electron chi connectivity index (χ1n) is 16.4. The van der Waals surface area contributed by atoms with Gasteiger partial charge in [0.05, 0.1) is 0 Å². The molecule has 1 aromatic rings. The van der Waals surface area contributed by atoms with E-state index in [1.165, 1.54) is 31.0 Å². The lowest BCUT2D eigenvalue weighted by Gasteiger charge is -2.47. The largest absolute Gasteiger partial charge is 0.504 e. The number of aliphatic hydroxyl groups is 1. The normalized spacial score (nSPS) is 34.2. The number of aliphatic hydroxyl groups excluding tert-OH is 1. The number of carbonyl (C=O) groups is 3. The van der Waals surface area contributed by atoms with Crippen molar-refractivity contribution in [1.29, 1.82) is 0 Å². The molecule has 7 atom stereocenters. The highest BCUT2D eigenvalue weighted by Crippen LogP contribution is 2.93. The zero-order valence-corrected chi connectivity index (χ0v) is 25.8. The number of esters is 1. The molecule has 9 heteroatoms. The summed E-state index contributed by atoms with van der Waals surface area (Å²) in [4.78, 5) is 42.9. The van der Waals surface area contributed by atoms with Crippen molar-refractivity contribution in [3.8, 4) is 11.5 Å². The van der Waals surface area contributed by atoms with Crippen molar-refractivity contribution in [2.75, 3.05) is 6.54 Å². The summed E-state index contributed by atoms with van der Waals surface area (Å²) in [7, 11) is 0. The lowest BCUT2D eigenvalue weighted by Crippen LogP contribution is -2.60. The maximum absolute atomic E-state index is 14.2. The molecule has 9 nitrogen and oxygen atoms in total. The zero-order chi connectivity index (χ0) is 30.7. The number of aromatic hydroxyl groups is 2. The molecule has 1 aliphatic heterocycles. The van der Waals surface area contributed by atoms with Crippen molar-refractivity contribution < 1.29 is 34.4 Å². The lowest BCUT2D eigenvalue weighted by molar-refractivity contribution is -0.180. The van der Waals surface area contributed by atoms with Crippen LogP contribution >= 0.6 is 0 Å². The number of benzene rings is 1. The molecule has 236 valence electrons. The summed E-state index contributed by atoms with van der Waals surface area (Å²) in [6.45, 7) is 7.41. The van der Waals surface area contributed by atoms with Gasteiger partial charge < -0.3 is 30.3 Å². The Labute approximate surface area is 254 Å². The van der Waals surface area contributed by atoms with Crippen molar-refractivity contribution in [2.45, 2.75) is 122 Å². The Hall–Kier alpha value is -2.81. The maximum Gasteiger partial charge on any atom is 0.329 e. The Balaban J connectivity index is 1.16. The summed E-state index contributed by atoms with van der Waals surface area (Å²) in [5.74, 6) is -1.33. The van der Waals surface area contributed by atoms with E-state index >= 15 is 0 Å². The number of phenolic OH excluding ortho intramolecular Hbond substituents is 2. The molecule has 0 aromatic heterocycles. The Morgan fingerprint density at radius 2 is 1.72 bits per heavy atom. The highest BCUT2D eigenvalue weighted by Gasteiger charge is 2.91. The van der Waals surface area contributed by atoms with Crippen LogP contribution in [0.5, 0.6) is 11.5 Å². The fourth-order valence-corrected chi connectivity index (χ4v) is 10.1. The number of hydrogen-bond acceptors (Lipinski definition) is 7. The molecule has 1 saturated heterocycles. The van der Waals surface area contributed by atoms with Crippen LogP contribution in [0.25, 0.3) is 0 Å². The van der Waals surface area contributed by atoms with Gasteiger partial charge >= 0.3 is 5.97 Å². The Morgan fingerprint density at radius 1 is 1.00 bits per heavy atom. The van der Waals surface area contributed by atoms with Gasteiger partial charge in [0.15, 0.2) is 11.5 Å². The van der Waals surface area contributed by atoms with Crippen LogP contribution in [0, 0.1) is 28.1 Å². The highest BCUT2D eigenvalue weighted by atomic mass is 16.5. The quantitative estimate of drug-likeness (QED) is 0.261. The second-order valence-electron chi connectivity index (χ2n) is 14.7. The van der Waals surface area contributed by atoms with Gasteiger partial charge in [-0.15, -0.1) is 0 Å². The van der Waals surface area contributed by atoms with E-state index in [-0.39, 0.29) is 58.1 Å². The van der Waals surface area contributed by atoms with Gasteiger partial charge in [-0.05, 0) is 91.7 Å².